The zero-order valence-corrected chi connectivity index (χ0v) is 44.7. The summed E-state index contributed by atoms with van der Waals surface area (Å²) >= 11 is 0. The van der Waals surface area contributed by atoms with Crippen LogP contribution in [0.4, 0.5) is 0 Å². The van der Waals surface area contributed by atoms with Gasteiger partial charge in [-0.3, -0.25) is 4.79 Å². The Balaban J connectivity index is 1.86. The number of aromatic nitrogens is 3. The van der Waals surface area contributed by atoms with Crippen molar-refractivity contribution in [1.82, 2.24) is 13.7 Å². The lowest BCUT2D eigenvalue weighted by Crippen LogP contribution is -2.57. The second-order valence-corrected chi connectivity index (χ2v) is 17.2. The van der Waals surface area contributed by atoms with E-state index in [4.69, 9.17) is 42.6 Å². The largest absolute Gasteiger partial charge is 0.463 e. The van der Waals surface area contributed by atoms with Crippen molar-refractivity contribution in [3.05, 3.63) is 162 Å². The number of nitrogens with zero attached hydrogens (tertiary/aromatic N) is 3. The quantitative estimate of drug-likeness (QED) is 0.0253. The lowest BCUT2D eigenvalue weighted by Gasteiger charge is -2.19. The predicted molar refractivity (Wildman–Crippen MR) is 278 cm³/mol. The molecule has 3 unspecified atom stereocenters. The highest BCUT2D eigenvalue weighted by Gasteiger charge is 2.27. The number of hydrogen-bond acceptors (Lipinski definition) is 24. The number of rotatable bonds is 32. The molecule has 0 aliphatic heterocycles. The average molecular weight is 1140 g/mol. The standard InChI is InChI=1S/C54H61N3O24/c1-8-9-14-35(47(65)76-22-19-73-44(62)32(2)3)25-43(61)79-29-36(58)26-55-52(70)56(27-37(59)30-80-50(68)41-17-12-10-15-39(41)48(66)77-23-20-74-45(63)33(4)5)54(72)57(53(55)71)28-38(60)31-81-51(69)42-18-13-11-16-40(42)49(67)78-24-21-75-46(64)34(6)7/h8-18,36-38,58-60H,2,4,6,19-31H2,1,3,5,7H3. The maximum absolute atomic E-state index is 13.9. The predicted octanol–water partition coefficient (Wildman–Crippen LogP) is 0.619. The number of esters is 9. The molecule has 3 rings (SSSR count). The van der Waals surface area contributed by atoms with E-state index in [-0.39, 0.29) is 78.1 Å². The molecule has 0 amide bonds. The first-order chi connectivity index (χ1) is 38.4. The molecule has 436 valence electrons. The summed E-state index contributed by atoms with van der Waals surface area (Å²) in [5.41, 5.74) is -5.67. The van der Waals surface area contributed by atoms with Crippen LogP contribution in [0.1, 0.15) is 75.5 Å². The van der Waals surface area contributed by atoms with Crippen LogP contribution in [-0.4, -0.2) is 161 Å². The molecular weight excluding hydrogens is 1070 g/mol. The molecule has 0 radical (unpaired) electrons. The van der Waals surface area contributed by atoms with Gasteiger partial charge in [0.15, 0.2) is 0 Å². The first-order valence-corrected chi connectivity index (χ1v) is 24.4. The van der Waals surface area contributed by atoms with Crippen LogP contribution in [-0.2, 0) is 86.2 Å². The van der Waals surface area contributed by atoms with Gasteiger partial charge in [-0.25, -0.2) is 66.4 Å². The zero-order chi connectivity index (χ0) is 60.3. The Morgan fingerprint density at radius 3 is 1.05 bits per heavy atom. The van der Waals surface area contributed by atoms with Crippen molar-refractivity contribution in [1.29, 1.82) is 0 Å². The molecule has 1 heterocycles. The van der Waals surface area contributed by atoms with Crippen molar-refractivity contribution >= 4 is 53.7 Å². The minimum atomic E-state index is -1.93. The highest BCUT2D eigenvalue weighted by Crippen LogP contribution is 2.15. The Morgan fingerprint density at radius 2 is 0.741 bits per heavy atom. The summed E-state index contributed by atoms with van der Waals surface area (Å²) in [5, 5.41) is 33.1. The number of hydrogen-bond donors (Lipinski definition) is 3. The summed E-state index contributed by atoms with van der Waals surface area (Å²) in [6.45, 7) is 7.98. The molecule has 3 atom stereocenters. The maximum atomic E-state index is 13.9. The Bertz CT molecular complexity index is 2950. The van der Waals surface area contributed by atoms with Gasteiger partial charge in [0.2, 0.25) is 0 Å². The SMILES string of the molecule is C=C(C)C(=O)OCCOC(=O)C(=CC=CC)CC(=O)OCC(O)Cn1c(=O)n(CC(O)COC(=O)c2ccccc2C(=O)OCCOC(=O)C(=C)C)c(=O)n(CC(O)COC(=O)c2ccccc2C(=O)OCCOC(=O)C(=C)C)c1=O. The third-order valence-electron chi connectivity index (χ3n) is 10.3. The Kier molecular flexibility index (Phi) is 27.0. The van der Waals surface area contributed by atoms with Crippen molar-refractivity contribution in [2.24, 2.45) is 0 Å². The van der Waals surface area contributed by atoms with Crippen LogP contribution < -0.4 is 17.1 Å². The molecule has 0 spiro atoms. The average Bonchev–Trinajstić information content (AvgIpc) is 3.44. The molecule has 3 aromatic rings. The third-order valence-corrected chi connectivity index (χ3v) is 10.3. The van der Waals surface area contributed by atoms with Crippen LogP contribution in [0.3, 0.4) is 0 Å². The molecule has 0 saturated carbocycles. The molecule has 0 saturated heterocycles. The van der Waals surface area contributed by atoms with Crippen LogP contribution in [0.5, 0.6) is 0 Å². The molecule has 81 heavy (non-hydrogen) atoms. The van der Waals surface area contributed by atoms with Crippen LogP contribution in [0, 0.1) is 0 Å². The first kappa shape index (κ1) is 65.9. The number of carbonyl (C=O) groups excluding carboxylic acids is 9. The number of aliphatic hydroxyl groups is 3. The van der Waals surface area contributed by atoms with Gasteiger partial charge in [0, 0.05) is 22.3 Å². The Labute approximate surface area is 461 Å². The Morgan fingerprint density at radius 1 is 0.457 bits per heavy atom. The van der Waals surface area contributed by atoms with Gasteiger partial charge in [-0.05, 0) is 52.0 Å². The molecule has 3 N–H and O–H groups in total. The second kappa shape index (κ2) is 33.2. The highest BCUT2D eigenvalue weighted by molar-refractivity contribution is 6.04. The molecule has 0 aliphatic carbocycles. The van der Waals surface area contributed by atoms with Gasteiger partial charge in [-0.2, -0.15) is 0 Å². The van der Waals surface area contributed by atoms with E-state index in [1.807, 2.05) is 0 Å². The fourth-order valence-corrected chi connectivity index (χ4v) is 6.35. The summed E-state index contributed by atoms with van der Waals surface area (Å²) in [7, 11) is 0. The second-order valence-electron chi connectivity index (χ2n) is 17.2. The summed E-state index contributed by atoms with van der Waals surface area (Å²) in [5.74, 6) is -8.73. The number of allylic oxidation sites excluding steroid dienone is 3. The zero-order valence-electron chi connectivity index (χ0n) is 44.7. The number of carbonyl (C=O) groups is 9. The van der Waals surface area contributed by atoms with Crippen LogP contribution in [0.25, 0.3) is 0 Å². The lowest BCUT2D eigenvalue weighted by atomic mass is 10.1. The van der Waals surface area contributed by atoms with Gasteiger partial charge in [-0.1, -0.05) is 62.2 Å². The fraction of sp³-hybridized carbons (Fsp3) is 0.370. The van der Waals surface area contributed by atoms with Crippen molar-refractivity contribution in [2.75, 3.05) is 59.5 Å². The normalized spacial score (nSPS) is 12.2. The van der Waals surface area contributed by atoms with Crippen molar-refractivity contribution in [3.8, 4) is 0 Å². The summed E-state index contributed by atoms with van der Waals surface area (Å²) in [6.07, 6.45) is -2.34. The van der Waals surface area contributed by atoms with Gasteiger partial charge >= 0.3 is 70.8 Å². The molecule has 1 aromatic heterocycles. The molecular formula is C54H61N3O24. The van der Waals surface area contributed by atoms with E-state index >= 15 is 0 Å². The lowest BCUT2D eigenvalue weighted by molar-refractivity contribution is -0.150. The van der Waals surface area contributed by atoms with Crippen LogP contribution in [0.15, 0.2) is 123 Å². The molecule has 27 heteroatoms. The summed E-state index contributed by atoms with van der Waals surface area (Å²) < 4.78 is 46.2. The summed E-state index contributed by atoms with van der Waals surface area (Å²) in [6, 6.07) is 10.3. The fourth-order valence-electron chi connectivity index (χ4n) is 6.35. The molecule has 0 bridgehead atoms. The van der Waals surface area contributed by atoms with Crippen molar-refractivity contribution < 1.29 is 101 Å². The number of benzene rings is 2. The van der Waals surface area contributed by atoms with E-state index in [2.05, 4.69) is 19.7 Å². The monoisotopic (exact) mass is 1140 g/mol. The highest BCUT2D eigenvalue weighted by atomic mass is 16.6. The molecule has 2 aromatic carbocycles. The van der Waals surface area contributed by atoms with Crippen LogP contribution >= 0.6 is 0 Å². The van der Waals surface area contributed by atoms with E-state index in [9.17, 15) is 72.9 Å². The van der Waals surface area contributed by atoms with Gasteiger partial charge in [-0.15, -0.1) is 0 Å². The van der Waals surface area contributed by atoms with Gasteiger partial charge in [0.05, 0.1) is 48.3 Å². The van der Waals surface area contributed by atoms with Gasteiger partial charge in [0.25, 0.3) is 0 Å². The van der Waals surface area contributed by atoms with E-state index in [0.717, 1.165) is 0 Å². The molecule has 0 aliphatic rings. The Hall–Kier alpha value is -9.34. The minimum absolute atomic E-state index is 0.101. The molecule has 0 fully saturated rings. The van der Waals surface area contributed by atoms with E-state index in [0.29, 0.717) is 0 Å². The van der Waals surface area contributed by atoms with E-state index in [1.165, 1.54) is 87.5 Å². The summed E-state index contributed by atoms with van der Waals surface area (Å²) in [4.78, 5) is 155. The van der Waals surface area contributed by atoms with Crippen molar-refractivity contribution in [3.63, 3.8) is 0 Å². The third kappa shape index (κ3) is 21.4. The molecule has 27 nitrogen and oxygen atoms in total. The van der Waals surface area contributed by atoms with E-state index < -0.39 is 155 Å². The number of aliphatic hydroxyl groups excluding tert-OH is 3. The topological polar surface area (TPSA) is 363 Å². The number of ether oxygens (including phenoxy) is 9. The van der Waals surface area contributed by atoms with Crippen molar-refractivity contribution in [2.45, 2.75) is 72.1 Å². The first-order valence-electron chi connectivity index (χ1n) is 24.4. The minimum Gasteiger partial charge on any atom is -0.463 e. The van der Waals surface area contributed by atoms with Crippen LogP contribution in [0.2, 0.25) is 0 Å². The van der Waals surface area contributed by atoms with Gasteiger partial charge < -0.3 is 58.0 Å². The van der Waals surface area contributed by atoms with E-state index in [1.54, 1.807) is 6.92 Å². The maximum Gasteiger partial charge on any atom is 0.339 e. The smallest absolute Gasteiger partial charge is 0.339 e. The van der Waals surface area contributed by atoms with Gasteiger partial charge in [0.1, 0.15) is 77.8 Å².